The van der Waals surface area contributed by atoms with Gasteiger partial charge in [0.15, 0.2) is 0 Å². The quantitative estimate of drug-likeness (QED) is 0.739. The number of fused-ring (bicyclic) bond motifs is 1. The van der Waals surface area contributed by atoms with E-state index in [1.807, 2.05) is 0 Å². The Morgan fingerprint density at radius 1 is 1.17 bits per heavy atom. The number of piperidine rings is 1. The summed E-state index contributed by atoms with van der Waals surface area (Å²) in [5.74, 6) is 1.12. The molecule has 3 saturated heterocycles. The van der Waals surface area contributed by atoms with Gasteiger partial charge < -0.3 is 10.2 Å². The van der Waals surface area contributed by atoms with Gasteiger partial charge in [0.1, 0.15) is 0 Å². The van der Waals surface area contributed by atoms with Crippen molar-refractivity contribution in [1.29, 1.82) is 0 Å². The highest BCUT2D eigenvalue weighted by Gasteiger charge is 2.36. The Balaban J connectivity index is 1.61. The zero-order chi connectivity index (χ0) is 12.5. The number of piperazine rings is 1. The van der Waals surface area contributed by atoms with Crippen molar-refractivity contribution in [3.63, 3.8) is 0 Å². The monoisotopic (exact) mass is 251 g/mol. The molecule has 18 heavy (non-hydrogen) atoms. The summed E-state index contributed by atoms with van der Waals surface area (Å²) in [6.07, 6.45) is 3.96. The first kappa shape index (κ1) is 12.4. The molecular weight excluding hydrogens is 226 g/mol. The van der Waals surface area contributed by atoms with Gasteiger partial charge in [-0.2, -0.15) is 0 Å². The van der Waals surface area contributed by atoms with Gasteiger partial charge in [-0.25, -0.2) is 0 Å². The smallest absolute Gasteiger partial charge is 0.227 e. The van der Waals surface area contributed by atoms with E-state index < -0.39 is 0 Å². The van der Waals surface area contributed by atoms with E-state index >= 15 is 0 Å². The molecule has 0 aliphatic carbocycles. The van der Waals surface area contributed by atoms with Gasteiger partial charge in [-0.15, -0.1) is 0 Å². The Kier molecular flexibility index (Phi) is 3.57. The van der Waals surface area contributed by atoms with Crippen LogP contribution in [0.1, 0.15) is 26.2 Å². The largest absolute Gasteiger partial charge is 0.340 e. The molecule has 0 aromatic heterocycles. The van der Waals surface area contributed by atoms with Crippen LogP contribution in [0, 0.1) is 11.8 Å². The van der Waals surface area contributed by atoms with Crippen LogP contribution in [0.25, 0.3) is 0 Å². The van der Waals surface area contributed by atoms with Crippen LogP contribution in [0.3, 0.4) is 0 Å². The fourth-order valence-corrected chi connectivity index (χ4v) is 3.73. The SMILES string of the molecule is C[C@@H]1CNC[C@H]1C(=O)N1CCN2CCCCC2C1. The van der Waals surface area contributed by atoms with E-state index in [1.54, 1.807) is 0 Å². The van der Waals surface area contributed by atoms with Crippen LogP contribution in [-0.2, 0) is 4.79 Å². The summed E-state index contributed by atoms with van der Waals surface area (Å²) in [7, 11) is 0. The maximum absolute atomic E-state index is 12.6. The van der Waals surface area contributed by atoms with Gasteiger partial charge in [-0.3, -0.25) is 9.69 Å². The molecule has 4 heteroatoms. The van der Waals surface area contributed by atoms with Crippen LogP contribution in [0.2, 0.25) is 0 Å². The summed E-state index contributed by atoms with van der Waals surface area (Å²) in [5, 5.41) is 3.34. The van der Waals surface area contributed by atoms with Crippen LogP contribution in [-0.4, -0.2) is 61.0 Å². The van der Waals surface area contributed by atoms with Gasteiger partial charge >= 0.3 is 0 Å². The van der Waals surface area contributed by atoms with Crippen molar-refractivity contribution in [1.82, 2.24) is 15.1 Å². The molecule has 0 spiro atoms. The molecule has 102 valence electrons. The Morgan fingerprint density at radius 3 is 2.83 bits per heavy atom. The average Bonchev–Trinajstić information content (AvgIpc) is 2.83. The van der Waals surface area contributed by atoms with Gasteiger partial charge in [0.2, 0.25) is 5.91 Å². The first-order valence-electron chi connectivity index (χ1n) is 7.49. The number of carbonyl (C=O) groups is 1. The Morgan fingerprint density at radius 2 is 2.06 bits per heavy atom. The molecule has 1 amide bonds. The van der Waals surface area contributed by atoms with E-state index in [9.17, 15) is 4.79 Å². The number of nitrogens with one attached hydrogen (secondary N) is 1. The molecule has 0 radical (unpaired) electrons. The van der Waals surface area contributed by atoms with Crippen molar-refractivity contribution in [2.45, 2.75) is 32.2 Å². The molecular formula is C14H25N3O. The van der Waals surface area contributed by atoms with E-state index in [2.05, 4.69) is 22.0 Å². The number of rotatable bonds is 1. The van der Waals surface area contributed by atoms with Crippen molar-refractivity contribution < 1.29 is 4.79 Å². The van der Waals surface area contributed by atoms with Crippen molar-refractivity contribution in [3.05, 3.63) is 0 Å². The van der Waals surface area contributed by atoms with E-state index in [-0.39, 0.29) is 5.92 Å². The lowest BCUT2D eigenvalue weighted by atomic mass is 9.94. The molecule has 0 aromatic carbocycles. The second-order valence-corrected chi connectivity index (χ2v) is 6.21. The first-order chi connectivity index (χ1) is 8.75. The molecule has 0 bridgehead atoms. The molecule has 0 saturated carbocycles. The molecule has 3 fully saturated rings. The van der Waals surface area contributed by atoms with E-state index in [4.69, 9.17) is 0 Å². The minimum atomic E-state index is 0.222. The number of hydrogen-bond donors (Lipinski definition) is 1. The first-order valence-corrected chi connectivity index (χ1v) is 7.49. The molecule has 3 rings (SSSR count). The number of hydrogen-bond acceptors (Lipinski definition) is 3. The standard InChI is InChI=1S/C14H25N3O/c1-11-8-15-9-13(11)14(18)17-7-6-16-5-3-2-4-12(16)10-17/h11-13,15H,2-10H2,1H3/t11-,12?,13-/m1/s1. The predicted molar refractivity (Wildman–Crippen MR) is 71.3 cm³/mol. The van der Waals surface area contributed by atoms with Crippen LogP contribution >= 0.6 is 0 Å². The van der Waals surface area contributed by atoms with Gasteiger partial charge in [-0.05, 0) is 31.8 Å². The van der Waals surface area contributed by atoms with E-state index in [1.165, 1.54) is 25.8 Å². The van der Waals surface area contributed by atoms with Gasteiger partial charge in [0.25, 0.3) is 0 Å². The fraction of sp³-hybridized carbons (Fsp3) is 0.929. The lowest BCUT2D eigenvalue weighted by Gasteiger charge is -2.44. The van der Waals surface area contributed by atoms with Crippen molar-refractivity contribution >= 4 is 5.91 Å². The second kappa shape index (κ2) is 5.17. The van der Waals surface area contributed by atoms with Crippen LogP contribution in [0.5, 0.6) is 0 Å². The third kappa shape index (κ3) is 2.28. The summed E-state index contributed by atoms with van der Waals surface area (Å²) in [5.41, 5.74) is 0. The molecule has 0 aromatic rings. The molecule has 3 aliphatic rings. The molecule has 3 heterocycles. The predicted octanol–water partition coefficient (Wildman–Crippen LogP) is 0.539. The lowest BCUT2D eigenvalue weighted by Crippen LogP contribution is -2.57. The zero-order valence-electron chi connectivity index (χ0n) is 11.4. The van der Waals surface area contributed by atoms with Crippen molar-refractivity contribution in [2.75, 3.05) is 39.3 Å². The third-order valence-electron chi connectivity index (χ3n) is 4.98. The highest BCUT2D eigenvalue weighted by Crippen LogP contribution is 2.24. The number of amides is 1. The summed E-state index contributed by atoms with van der Waals surface area (Å²) in [6, 6.07) is 0.640. The number of nitrogens with zero attached hydrogens (tertiary/aromatic N) is 2. The summed E-state index contributed by atoms with van der Waals surface area (Å²) in [4.78, 5) is 17.3. The normalized spacial score (nSPS) is 37.6. The maximum atomic E-state index is 12.6. The Bertz CT molecular complexity index is 320. The lowest BCUT2D eigenvalue weighted by molar-refractivity contribution is -0.139. The fourth-order valence-electron chi connectivity index (χ4n) is 3.73. The highest BCUT2D eigenvalue weighted by atomic mass is 16.2. The summed E-state index contributed by atoms with van der Waals surface area (Å²) < 4.78 is 0. The van der Waals surface area contributed by atoms with Crippen LogP contribution in [0.4, 0.5) is 0 Å². The molecule has 1 N–H and O–H groups in total. The van der Waals surface area contributed by atoms with Crippen molar-refractivity contribution in [3.8, 4) is 0 Å². The van der Waals surface area contributed by atoms with Gasteiger partial charge in [0, 0.05) is 32.2 Å². The molecule has 3 atom stereocenters. The Hall–Kier alpha value is -0.610. The van der Waals surface area contributed by atoms with Crippen molar-refractivity contribution in [2.24, 2.45) is 11.8 Å². The van der Waals surface area contributed by atoms with Crippen LogP contribution in [0.15, 0.2) is 0 Å². The minimum absolute atomic E-state index is 0.222. The molecule has 4 nitrogen and oxygen atoms in total. The third-order valence-corrected chi connectivity index (χ3v) is 4.98. The summed E-state index contributed by atoms with van der Waals surface area (Å²) in [6.45, 7) is 8.32. The summed E-state index contributed by atoms with van der Waals surface area (Å²) >= 11 is 0. The molecule has 3 aliphatic heterocycles. The molecule has 1 unspecified atom stereocenters. The van der Waals surface area contributed by atoms with Gasteiger partial charge in [-0.1, -0.05) is 13.3 Å². The topological polar surface area (TPSA) is 35.6 Å². The second-order valence-electron chi connectivity index (χ2n) is 6.21. The minimum Gasteiger partial charge on any atom is -0.340 e. The average molecular weight is 251 g/mol. The maximum Gasteiger partial charge on any atom is 0.227 e. The van der Waals surface area contributed by atoms with E-state index in [0.29, 0.717) is 17.9 Å². The van der Waals surface area contributed by atoms with Crippen LogP contribution < -0.4 is 5.32 Å². The van der Waals surface area contributed by atoms with E-state index in [0.717, 1.165) is 32.7 Å². The zero-order valence-corrected chi connectivity index (χ0v) is 11.4. The number of carbonyl (C=O) groups excluding carboxylic acids is 1. The highest BCUT2D eigenvalue weighted by molar-refractivity contribution is 5.80. The van der Waals surface area contributed by atoms with Gasteiger partial charge in [0.05, 0.1) is 5.92 Å². The Labute approximate surface area is 110 Å².